The molecule has 1 aromatic carbocycles. The van der Waals surface area contributed by atoms with Gasteiger partial charge < -0.3 is 4.90 Å². The minimum absolute atomic E-state index is 0.201. The van der Waals surface area contributed by atoms with Gasteiger partial charge in [0.15, 0.2) is 0 Å². The molecule has 0 aliphatic carbocycles. The molecule has 5 heteroatoms. The van der Waals surface area contributed by atoms with Crippen molar-refractivity contribution in [2.24, 2.45) is 0 Å². The Balaban J connectivity index is 1.89. The number of anilines is 1. The summed E-state index contributed by atoms with van der Waals surface area (Å²) in [7, 11) is 0. The molecule has 5 nitrogen and oxygen atoms in total. The van der Waals surface area contributed by atoms with Crippen molar-refractivity contribution in [3.63, 3.8) is 0 Å². The van der Waals surface area contributed by atoms with Gasteiger partial charge in [-0.2, -0.15) is 0 Å². The maximum atomic E-state index is 13.0. The normalized spacial score (nSPS) is 17.7. The van der Waals surface area contributed by atoms with Crippen molar-refractivity contribution in [1.29, 1.82) is 0 Å². The second kappa shape index (κ2) is 6.90. The fraction of sp³-hybridized carbons (Fsp3) is 0.381. The Morgan fingerprint density at radius 2 is 1.65 bits per heavy atom. The number of carbonyl (C=O) groups excluding carboxylic acids is 2. The van der Waals surface area contributed by atoms with E-state index in [2.05, 4.69) is 18.8 Å². The number of hydrogen-bond acceptors (Lipinski definition) is 3. The predicted octanol–water partition coefficient (Wildman–Crippen LogP) is 4.34. The molecule has 26 heavy (non-hydrogen) atoms. The molecule has 0 spiro atoms. The first-order valence-corrected chi connectivity index (χ1v) is 9.01. The summed E-state index contributed by atoms with van der Waals surface area (Å²) in [4.78, 5) is 32.9. The van der Waals surface area contributed by atoms with Crippen molar-refractivity contribution in [3.05, 3.63) is 59.9 Å². The fourth-order valence-electron chi connectivity index (χ4n) is 3.19. The molecule has 1 aliphatic heterocycles. The predicted molar refractivity (Wildman–Crippen MR) is 102 cm³/mol. The molecule has 136 valence electrons. The molecule has 3 rings (SSSR count). The summed E-state index contributed by atoms with van der Waals surface area (Å²) in [5, 5.41) is 0. The third kappa shape index (κ3) is 3.09. The van der Waals surface area contributed by atoms with Crippen LogP contribution in [0.3, 0.4) is 0 Å². The summed E-state index contributed by atoms with van der Waals surface area (Å²) in [6.45, 7) is 8.28. The van der Waals surface area contributed by atoms with E-state index in [4.69, 9.17) is 0 Å². The standard InChI is InChI=1S/C21H25N3O2/c1-5-15(2)17-6-8-18(9-7-17)24-19(25)21(3,4)23(20(24)26)14-16-10-12-22-13-11-16/h6-13,15H,5,14H2,1-4H3. The topological polar surface area (TPSA) is 53.5 Å². The van der Waals surface area contributed by atoms with Crippen LogP contribution in [0.1, 0.15) is 51.2 Å². The zero-order valence-corrected chi connectivity index (χ0v) is 15.8. The Kier molecular flexibility index (Phi) is 4.81. The number of aromatic nitrogens is 1. The maximum absolute atomic E-state index is 13.0. The van der Waals surface area contributed by atoms with Crippen molar-refractivity contribution in [1.82, 2.24) is 9.88 Å². The van der Waals surface area contributed by atoms with Crippen LogP contribution in [0.4, 0.5) is 10.5 Å². The van der Waals surface area contributed by atoms with E-state index in [1.807, 2.05) is 36.4 Å². The summed E-state index contributed by atoms with van der Waals surface area (Å²) in [5.41, 5.74) is 1.89. The molecular formula is C21H25N3O2. The van der Waals surface area contributed by atoms with E-state index in [1.54, 1.807) is 31.1 Å². The van der Waals surface area contributed by atoms with Gasteiger partial charge in [0.25, 0.3) is 5.91 Å². The van der Waals surface area contributed by atoms with E-state index in [-0.39, 0.29) is 11.9 Å². The lowest BCUT2D eigenvalue weighted by Gasteiger charge is -2.27. The molecule has 2 aromatic rings. The lowest BCUT2D eigenvalue weighted by Crippen LogP contribution is -2.43. The third-order valence-electron chi connectivity index (χ3n) is 5.25. The van der Waals surface area contributed by atoms with Crippen molar-refractivity contribution in [2.75, 3.05) is 4.90 Å². The average Bonchev–Trinajstić information content (AvgIpc) is 2.82. The number of rotatable bonds is 5. The van der Waals surface area contributed by atoms with E-state index >= 15 is 0 Å². The fourth-order valence-corrected chi connectivity index (χ4v) is 3.19. The first-order chi connectivity index (χ1) is 12.4. The van der Waals surface area contributed by atoms with Crippen LogP contribution in [-0.4, -0.2) is 27.4 Å². The molecule has 1 atom stereocenters. The highest BCUT2D eigenvalue weighted by molar-refractivity contribution is 6.22. The highest BCUT2D eigenvalue weighted by Gasteiger charge is 2.51. The highest BCUT2D eigenvalue weighted by atomic mass is 16.2. The van der Waals surface area contributed by atoms with E-state index in [1.165, 1.54) is 10.5 Å². The number of nitrogens with zero attached hydrogens (tertiary/aromatic N) is 3. The molecule has 1 unspecified atom stereocenters. The monoisotopic (exact) mass is 351 g/mol. The smallest absolute Gasteiger partial charge is 0.305 e. The zero-order valence-electron chi connectivity index (χ0n) is 15.8. The summed E-state index contributed by atoms with van der Waals surface area (Å²) in [6, 6.07) is 11.2. The second-order valence-electron chi connectivity index (χ2n) is 7.32. The van der Waals surface area contributed by atoms with Gasteiger partial charge in [0.05, 0.1) is 5.69 Å². The maximum Gasteiger partial charge on any atom is 0.332 e. The quantitative estimate of drug-likeness (QED) is 0.753. The molecule has 0 N–H and O–H groups in total. The first-order valence-electron chi connectivity index (χ1n) is 9.01. The van der Waals surface area contributed by atoms with Crippen LogP contribution >= 0.6 is 0 Å². The van der Waals surface area contributed by atoms with Crippen LogP contribution < -0.4 is 4.90 Å². The summed E-state index contributed by atoms with van der Waals surface area (Å²) >= 11 is 0. The third-order valence-corrected chi connectivity index (χ3v) is 5.25. The van der Waals surface area contributed by atoms with Crippen LogP contribution in [-0.2, 0) is 11.3 Å². The van der Waals surface area contributed by atoms with Gasteiger partial charge in [0, 0.05) is 18.9 Å². The van der Waals surface area contributed by atoms with Gasteiger partial charge in [-0.3, -0.25) is 9.78 Å². The number of pyridine rings is 1. The van der Waals surface area contributed by atoms with Gasteiger partial charge in [-0.05, 0) is 61.6 Å². The largest absolute Gasteiger partial charge is 0.332 e. The number of hydrogen-bond donors (Lipinski definition) is 0. The molecule has 0 radical (unpaired) electrons. The average molecular weight is 351 g/mol. The van der Waals surface area contributed by atoms with Crippen LogP contribution in [0.15, 0.2) is 48.8 Å². The SMILES string of the molecule is CCC(C)c1ccc(N2C(=O)N(Cc3ccncc3)C(C)(C)C2=O)cc1. The minimum atomic E-state index is -0.893. The lowest BCUT2D eigenvalue weighted by atomic mass is 9.98. The Labute approximate surface area is 154 Å². The van der Waals surface area contributed by atoms with Crippen molar-refractivity contribution < 1.29 is 9.59 Å². The minimum Gasteiger partial charge on any atom is -0.305 e. The van der Waals surface area contributed by atoms with E-state index in [0.717, 1.165) is 12.0 Å². The van der Waals surface area contributed by atoms with E-state index in [9.17, 15) is 9.59 Å². The van der Waals surface area contributed by atoms with E-state index < -0.39 is 5.54 Å². The number of benzene rings is 1. The Bertz CT molecular complexity index is 800. The van der Waals surface area contributed by atoms with Crippen molar-refractivity contribution >= 4 is 17.6 Å². The lowest BCUT2D eigenvalue weighted by molar-refractivity contribution is -0.123. The van der Waals surface area contributed by atoms with Gasteiger partial charge in [0.1, 0.15) is 5.54 Å². The number of amides is 3. The highest BCUT2D eigenvalue weighted by Crippen LogP contribution is 2.34. The second-order valence-corrected chi connectivity index (χ2v) is 7.32. The summed E-state index contributed by atoms with van der Waals surface area (Å²) in [5.74, 6) is 0.251. The molecular weight excluding hydrogens is 326 g/mol. The summed E-state index contributed by atoms with van der Waals surface area (Å²) < 4.78 is 0. The molecule has 0 bridgehead atoms. The summed E-state index contributed by atoms with van der Waals surface area (Å²) in [6.07, 6.45) is 4.43. The van der Waals surface area contributed by atoms with Crippen molar-refractivity contribution in [2.45, 2.75) is 52.1 Å². The van der Waals surface area contributed by atoms with Gasteiger partial charge in [0.2, 0.25) is 0 Å². The number of carbonyl (C=O) groups is 2. The van der Waals surface area contributed by atoms with Crippen LogP contribution in [0, 0.1) is 0 Å². The Hall–Kier alpha value is -2.69. The molecule has 0 saturated carbocycles. The van der Waals surface area contributed by atoms with Gasteiger partial charge in [-0.1, -0.05) is 26.0 Å². The van der Waals surface area contributed by atoms with Crippen LogP contribution in [0.2, 0.25) is 0 Å². The van der Waals surface area contributed by atoms with E-state index in [0.29, 0.717) is 18.2 Å². The molecule has 2 heterocycles. The Morgan fingerprint density at radius 1 is 1.04 bits per heavy atom. The zero-order chi connectivity index (χ0) is 18.9. The van der Waals surface area contributed by atoms with Gasteiger partial charge in [-0.15, -0.1) is 0 Å². The molecule has 1 fully saturated rings. The van der Waals surface area contributed by atoms with Gasteiger partial charge >= 0.3 is 6.03 Å². The molecule has 1 saturated heterocycles. The van der Waals surface area contributed by atoms with Crippen molar-refractivity contribution in [3.8, 4) is 0 Å². The van der Waals surface area contributed by atoms with Gasteiger partial charge in [-0.25, -0.2) is 9.69 Å². The molecule has 1 aromatic heterocycles. The Morgan fingerprint density at radius 3 is 2.23 bits per heavy atom. The molecule has 1 aliphatic rings. The first kappa shape index (κ1) is 18.1. The molecule has 3 amide bonds. The van der Waals surface area contributed by atoms with Crippen LogP contribution in [0.25, 0.3) is 0 Å². The number of urea groups is 1. The van der Waals surface area contributed by atoms with Crippen LogP contribution in [0.5, 0.6) is 0 Å². The number of imide groups is 1.